The van der Waals surface area contributed by atoms with Gasteiger partial charge in [-0.1, -0.05) is 0 Å². The highest BCUT2D eigenvalue weighted by atomic mass is 19.4. The number of alkyl halides is 3. The third-order valence-electron chi connectivity index (χ3n) is 2.57. The molecule has 1 aliphatic carbocycles. The van der Waals surface area contributed by atoms with E-state index in [4.69, 9.17) is 10.5 Å². The number of rotatable bonds is 6. The van der Waals surface area contributed by atoms with Crippen molar-refractivity contribution in [3.8, 4) is 0 Å². The molecule has 0 atom stereocenters. The Bertz CT molecular complexity index is 177. The van der Waals surface area contributed by atoms with Crippen molar-refractivity contribution in [1.82, 2.24) is 0 Å². The predicted octanol–water partition coefficient (Wildman–Crippen LogP) is 2.08. The molecule has 0 aromatic heterocycles. The minimum Gasteiger partial charge on any atom is -0.381 e. The van der Waals surface area contributed by atoms with E-state index in [0.29, 0.717) is 13.2 Å². The van der Waals surface area contributed by atoms with E-state index in [9.17, 15) is 13.2 Å². The molecule has 0 aromatic rings. The summed E-state index contributed by atoms with van der Waals surface area (Å²) in [6.07, 6.45) is -2.03. The fourth-order valence-electron chi connectivity index (χ4n) is 1.43. The van der Waals surface area contributed by atoms with Crippen molar-refractivity contribution in [3.05, 3.63) is 0 Å². The van der Waals surface area contributed by atoms with Crippen LogP contribution in [0.3, 0.4) is 0 Å². The molecule has 0 bridgehead atoms. The molecule has 0 amide bonds. The van der Waals surface area contributed by atoms with Crippen LogP contribution in [0.5, 0.6) is 0 Å². The van der Waals surface area contributed by atoms with Gasteiger partial charge >= 0.3 is 6.18 Å². The van der Waals surface area contributed by atoms with Gasteiger partial charge in [-0.05, 0) is 31.2 Å². The summed E-state index contributed by atoms with van der Waals surface area (Å²) >= 11 is 0. The topological polar surface area (TPSA) is 35.2 Å². The van der Waals surface area contributed by atoms with Gasteiger partial charge in [0.15, 0.2) is 0 Å². The summed E-state index contributed by atoms with van der Waals surface area (Å²) in [6.45, 7) is 0.790. The minimum absolute atomic E-state index is 0.111. The third kappa shape index (κ3) is 4.28. The van der Waals surface area contributed by atoms with Gasteiger partial charge in [-0.2, -0.15) is 13.2 Å². The van der Waals surface area contributed by atoms with E-state index in [1.807, 2.05) is 0 Å². The van der Waals surface area contributed by atoms with Crippen molar-refractivity contribution in [2.45, 2.75) is 31.9 Å². The number of halogens is 3. The van der Waals surface area contributed by atoms with E-state index in [1.165, 1.54) is 0 Å². The Morgan fingerprint density at radius 1 is 1.29 bits per heavy atom. The average Bonchev–Trinajstić information content (AvgIpc) is 2.79. The highest BCUT2D eigenvalue weighted by Gasteiger charge is 2.42. The molecular formula is C9H16F3NO. The maximum Gasteiger partial charge on any atom is 0.391 e. The Hall–Kier alpha value is -0.290. The normalized spacial score (nSPS) is 19.7. The van der Waals surface area contributed by atoms with Crippen LogP contribution in [-0.2, 0) is 4.74 Å². The van der Waals surface area contributed by atoms with Crippen LogP contribution in [-0.4, -0.2) is 25.9 Å². The number of ether oxygens (including phenoxy) is 1. The zero-order valence-electron chi connectivity index (χ0n) is 8.07. The lowest BCUT2D eigenvalue weighted by Crippen LogP contribution is -2.18. The summed E-state index contributed by atoms with van der Waals surface area (Å²) in [5.74, 6) is 0. The fraction of sp³-hybridized carbons (Fsp3) is 1.00. The lowest BCUT2D eigenvalue weighted by molar-refractivity contribution is -0.146. The number of hydrogen-bond acceptors (Lipinski definition) is 2. The lowest BCUT2D eigenvalue weighted by atomic mass is 10.0. The smallest absolute Gasteiger partial charge is 0.381 e. The van der Waals surface area contributed by atoms with Crippen LogP contribution in [0.25, 0.3) is 0 Å². The molecule has 0 saturated heterocycles. The number of hydrogen-bond donors (Lipinski definition) is 1. The monoisotopic (exact) mass is 211 g/mol. The van der Waals surface area contributed by atoms with Gasteiger partial charge in [0.25, 0.3) is 0 Å². The van der Waals surface area contributed by atoms with Crippen molar-refractivity contribution < 1.29 is 17.9 Å². The van der Waals surface area contributed by atoms with Crippen molar-refractivity contribution >= 4 is 0 Å². The van der Waals surface area contributed by atoms with Crippen molar-refractivity contribution in [3.63, 3.8) is 0 Å². The maximum atomic E-state index is 11.7. The molecule has 1 saturated carbocycles. The van der Waals surface area contributed by atoms with Crippen LogP contribution in [0.4, 0.5) is 13.2 Å². The van der Waals surface area contributed by atoms with Gasteiger partial charge in [0.05, 0.1) is 19.6 Å². The molecule has 1 rings (SSSR count). The summed E-state index contributed by atoms with van der Waals surface area (Å²) in [7, 11) is 0. The molecule has 0 heterocycles. The first-order valence-electron chi connectivity index (χ1n) is 4.82. The van der Waals surface area contributed by atoms with E-state index >= 15 is 0 Å². The molecule has 14 heavy (non-hydrogen) atoms. The summed E-state index contributed by atoms with van der Waals surface area (Å²) in [5.41, 5.74) is 5.50. The molecule has 0 spiro atoms. The molecule has 2 nitrogen and oxygen atoms in total. The zero-order chi connectivity index (χ0) is 10.7. The second kappa shape index (κ2) is 4.49. The zero-order valence-corrected chi connectivity index (χ0v) is 8.07. The summed E-state index contributed by atoms with van der Waals surface area (Å²) in [4.78, 5) is 0. The van der Waals surface area contributed by atoms with Crippen LogP contribution in [0.1, 0.15) is 25.7 Å². The van der Waals surface area contributed by atoms with Crippen LogP contribution in [0, 0.1) is 5.41 Å². The molecule has 1 aliphatic rings. The molecule has 2 N–H and O–H groups in total. The van der Waals surface area contributed by atoms with E-state index in [2.05, 4.69) is 0 Å². The molecule has 84 valence electrons. The Balaban J connectivity index is 2.04. The second-order valence-electron chi connectivity index (χ2n) is 3.96. The quantitative estimate of drug-likeness (QED) is 0.683. The lowest BCUT2D eigenvalue weighted by Gasteiger charge is -2.14. The molecule has 5 heteroatoms. The van der Waals surface area contributed by atoms with Crippen LogP contribution >= 0.6 is 0 Å². The van der Waals surface area contributed by atoms with Gasteiger partial charge in [0.2, 0.25) is 0 Å². The van der Waals surface area contributed by atoms with Crippen molar-refractivity contribution in [2.75, 3.05) is 19.8 Å². The Labute approximate surface area is 81.6 Å². The van der Waals surface area contributed by atoms with Gasteiger partial charge in [-0.3, -0.25) is 0 Å². The van der Waals surface area contributed by atoms with Gasteiger partial charge < -0.3 is 10.5 Å². The molecule has 1 fully saturated rings. The Morgan fingerprint density at radius 3 is 2.36 bits per heavy atom. The summed E-state index contributed by atoms with van der Waals surface area (Å²) in [6, 6.07) is 0. The maximum absolute atomic E-state index is 11.7. The van der Waals surface area contributed by atoms with Crippen molar-refractivity contribution in [1.29, 1.82) is 0 Å². The van der Waals surface area contributed by atoms with Gasteiger partial charge in [0, 0.05) is 0 Å². The third-order valence-corrected chi connectivity index (χ3v) is 2.57. The molecule has 0 unspecified atom stereocenters. The Morgan fingerprint density at radius 2 is 1.93 bits per heavy atom. The van der Waals surface area contributed by atoms with E-state index in [1.54, 1.807) is 0 Å². The van der Waals surface area contributed by atoms with Crippen LogP contribution < -0.4 is 5.73 Å². The minimum atomic E-state index is -4.11. The average molecular weight is 211 g/mol. The standard InChI is InChI=1S/C9H16F3NO/c10-9(11,12)4-6-14-7-8(1-2-8)3-5-13/h1-7,13H2. The first-order valence-corrected chi connectivity index (χ1v) is 4.82. The Kier molecular flexibility index (Phi) is 3.78. The predicted molar refractivity (Wildman–Crippen MR) is 46.8 cm³/mol. The highest BCUT2D eigenvalue weighted by Crippen LogP contribution is 2.48. The van der Waals surface area contributed by atoms with Crippen LogP contribution in [0.2, 0.25) is 0 Å². The van der Waals surface area contributed by atoms with Gasteiger partial charge in [-0.15, -0.1) is 0 Å². The highest BCUT2D eigenvalue weighted by molar-refractivity contribution is 4.92. The first-order chi connectivity index (χ1) is 6.47. The molecule has 0 radical (unpaired) electrons. The van der Waals surface area contributed by atoms with Crippen LogP contribution in [0.15, 0.2) is 0 Å². The van der Waals surface area contributed by atoms with E-state index in [0.717, 1.165) is 19.3 Å². The van der Waals surface area contributed by atoms with Crippen molar-refractivity contribution in [2.24, 2.45) is 11.1 Å². The second-order valence-corrected chi connectivity index (χ2v) is 3.96. The number of nitrogens with two attached hydrogens (primary N) is 1. The molecule has 0 aliphatic heterocycles. The van der Waals surface area contributed by atoms with E-state index in [-0.39, 0.29) is 12.0 Å². The van der Waals surface area contributed by atoms with Gasteiger partial charge in [-0.25, -0.2) is 0 Å². The fourth-order valence-corrected chi connectivity index (χ4v) is 1.43. The largest absolute Gasteiger partial charge is 0.391 e. The summed E-state index contributed by atoms with van der Waals surface area (Å²) < 4.78 is 40.2. The van der Waals surface area contributed by atoms with E-state index < -0.39 is 12.6 Å². The first kappa shape index (κ1) is 11.8. The molecule has 0 aromatic carbocycles. The SMILES string of the molecule is NCCC1(COCCC(F)(F)F)CC1. The molecular weight excluding hydrogens is 195 g/mol. The van der Waals surface area contributed by atoms with Gasteiger partial charge in [0.1, 0.15) is 0 Å². The summed E-state index contributed by atoms with van der Waals surface area (Å²) in [5, 5.41) is 0.